The maximum absolute atomic E-state index is 5.79. The van der Waals surface area contributed by atoms with Gasteiger partial charge >= 0.3 is 0 Å². The molecular formula is C16H19N3S. The molecule has 1 unspecified atom stereocenters. The first-order chi connectivity index (χ1) is 9.72. The van der Waals surface area contributed by atoms with Crippen LogP contribution in [-0.4, -0.2) is 28.0 Å². The van der Waals surface area contributed by atoms with Gasteiger partial charge in [-0.25, -0.2) is 0 Å². The van der Waals surface area contributed by atoms with E-state index in [9.17, 15) is 0 Å². The summed E-state index contributed by atoms with van der Waals surface area (Å²) in [7, 11) is 0. The van der Waals surface area contributed by atoms with Crippen molar-refractivity contribution in [2.45, 2.75) is 19.4 Å². The van der Waals surface area contributed by atoms with E-state index in [0.717, 1.165) is 31.6 Å². The van der Waals surface area contributed by atoms with Gasteiger partial charge in [-0.3, -0.25) is 9.88 Å². The summed E-state index contributed by atoms with van der Waals surface area (Å²) >= 11 is 5.14. The molecule has 2 aromatic rings. The molecule has 3 nitrogen and oxygen atoms in total. The second-order valence-electron chi connectivity index (χ2n) is 5.51. The Morgan fingerprint density at radius 2 is 2.30 bits per heavy atom. The molecule has 1 aromatic carbocycles. The number of piperidine rings is 1. The Morgan fingerprint density at radius 3 is 3.15 bits per heavy atom. The van der Waals surface area contributed by atoms with Crippen molar-refractivity contribution in [3.05, 3.63) is 42.1 Å². The molecule has 2 heterocycles. The lowest BCUT2D eigenvalue weighted by Crippen LogP contribution is -2.39. The van der Waals surface area contributed by atoms with Crippen LogP contribution >= 0.6 is 12.2 Å². The molecule has 1 fully saturated rings. The normalized spacial score (nSPS) is 20.1. The van der Waals surface area contributed by atoms with Crippen LogP contribution < -0.4 is 5.73 Å². The molecule has 1 atom stereocenters. The van der Waals surface area contributed by atoms with Gasteiger partial charge in [-0.1, -0.05) is 24.4 Å². The Balaban J connectivity index is 1.74. The zero-order valence-electron chi connectivity index (χ0n) is 11.5. The number of nitrogens with zero attached hydrogens (tertiary/aromatic N) is 2. The van der Waals surface area contributed by atoms with Gasteiger partial charge in [0.25, 0.3) is 0 Å². The third-order valence-electron chi connectivity index (χ3n) is 3.98. The highest BCUT2D eigenvalue weighted by Gasteiger charge is 2.21. The van der Waals surface area contributed by atoms with E-state index in [-0.39, 0.29) is 0 Å². The Bertz CT molecular complexity index is 626. The summed E-state index contributed by atoms with van der Waals surface area (Å²) < 4.78 is 0. The summed E-state index contributed by atoms with van der Waals surface area (Å²) in [4.78, 5) is 7.47. The van der Waals surface area contributed by atoms with E-state index in [2.05, 4.69) is 34.1 Å². The molecule has 104 valence electrons. The lowest BCUT2D eigenvalue weighted by Gasteiger charge is -2.32. The molecule has 0 saturated carbocycles. The first kappa shape index (κ1) is 13.5. The van der Waals surface area contributed by atoms with E-state index in [0.29, 0.717) is 10.9 Å². The highest BCUT2D eigenvalue weighted by molar-refractivity contribution is 7.80. The lowest BCUT2D eigenvalue weighted by molar-refractivity contribution is 0.197. The van der Waals surface area contributed by atoms with Crippen molar-refractivity contribution in [2.75, 3.05) is 13.1 Å². The minimum absolute atomic E-state index is 0.376. The first-order valence-corrected chi connectivity index (χ1v) is 7.48. The van der Waals surface area contributed by atoms with Gasteiger partial charge in [0, 0.05) is 30.6 Å². The molecule has 1 aliphatic heterocycles. The molecule has 0 bridgehead atoms. The summed E-state index contributed by atoms with van der Waals surface area (Å²) in [5.74, 6) is 0.376. The molecule has 20 heavy (non-hydrogen) atoms. The minimum atomic E-state index is 0.376. The summed E-state index contributed by atoms with van der Waals surface area (Å²) in [5, 5.41) is 1.20. The van der Waals surface area contributed by atoms with Crippen LogP contribution in [0.15, 0.2) is 36.5 Å². The molecular weight excluding hydrogens is 266 g/mol. The number of thiocarbonyl (C=S) groups is 1. The second-order valence-corrected chi connectivity index (χ2v) is 5.98. The van der Waals surface area contributed by atoms with Gasteiger partial charge in [-0.15, -0.1) is 0 Å². The van der Waals surface area contributed by atoms with Crippen LogP contribution in [0.2, 0.25) is 0 Å². The van der Waals surface area contributed by atoms with E-state index in [1.54, 1.807) is 0 Å². The van der Waals surface area contributed by atoms with Crippen LogP contribution in [0.1, 0.15) is 18.4 Å². The fourth-order valence-electron chi connectivity index (χ4n) is 2.91. The predicted molar refractivity (Wildman–Crippen MR) is 86.5 cm³/mol. The lowest BCUT2D eigenvalue weighted by atomic mass is 9.97. The SMILES string of the molecule is NC(=S)C1CCCN(Cc2ccc3ncccc3c2)C1. The number of nitrogens with two attached hydrogens (primary N) is 1. The fraction of sp³-hybridized carbons (Fsp3) is 0.375. The predicted octanol–water partition coefficient (Wildman–Crippen LogP) is 2.73. The Kier molecular flexibility index (Phi) is 3.94. The van der Waals surface area contributed by atoms with Crippen LogP contribution in [-0.2, 0) is 6.54 Å². The van der Waals surface area contributed by atoms with Gasteiger partial charge in [0.15, 0.2) is 0 Å². The van der Waals surface area contributed by atoms with Crippen molar-refractivity contribution in [1.82, 2.24) is 9.88 Å². The van der Waals surface area contributed by atoms with E-state index < -0.39 is 0 Å². The van der Waals surface area contributed by atoms with Gasteiger partial charge in [0.1, 0.15) is 0 Å². The molecule has 3 rings (SSSR count). The van der Waals surface area contributed by atoms with Gasteiger partial charge in [0.2, 0.25) is 0 Å². The van der Waals surface area contributed by atoms with Crippen LogP contribution in [0.25, 0.3) is 10.9 Å². The molecule has 0 spiro atoms. The number of fused-ring (bicyclic) bond motifs is 1. The van der Waals surface area contributed by atoms with Gasteiger partial charge < -0.3 is 5.73 Å². The number of benzene rings is 1. The third kappa shape index (κ3) is 2.97. The Morgan fingerprint density at radius 1 is 1.40 bits per heavy atom. The smallest absolute Gasteiger partial charge is 0.0771 e. The number of hydrogen-bond acceptors (Lipinski definition) is 3. The van der Waals surface area contributed by atoms with Crippen molar-refractivity contribution in [3.63, 3.8) is 0 Å². The highest BCUT2D eigenvalue weighted by atomic mass is 32.1. The number of likely N-dealkylation sites (tertiary alicyclic amines) is 1. The van der Waals surface area contributed by atoms with Crippen LogP contribution in [0.3, 0.4) is 0 Å². The molecule has 1 saturated heterocycles. The van der Waals surface area contributed by atoms with Crippen molar-refractivity contribution >= 4 is 28.1 Å². The van der Waals surface area contributed by atoms with Gasteiger partial charge in [-0.05, 0) is 43.1 Å². The number of aromatic nitrogens is 1. The quantitative estimate of drug-likeness (QED) is 0.881. The highest BCUT2D eigenvalue weighted by Crippen LogP contribution is 2.20. The van der Waals surface area contributed by atoms with E-state index in [4.69, 9.17) is 18.0 Å². The largest absolute Gasteiger partial charge is 0.393 e. The molecule has 4 heteroatoms. The van der Waals surface area contributed by atoms with E-state index >= 15 is 0 Å². The van der Waals surface area contributed by atoms with Crippen LogP contribution in [0, 0.1) is 5.92 Å². The molecule has 1 aromatic heterocycles. The van der Waals surface area contributed by atoms with Crippen LogP contribution in [0.5, 0.6) is 0 Å². The average Bonchev–Trinajstić information content (AvgIpc) is 2.47. The van der Waals surface area contributed by atoms with E-state index in [1.807, 2.05) is 12.3 Å². The number of pyridine rings is 1. The summed E-state index contributed by atoms with van der Waals surface area (Å²) in [6.45, 7) is 3.08. The fourth-order valence-corrected chi connectivity index (χ4v) is 3.11. The van der Waals surface area contributed by atoms with Gasteiger partial charge in [0.05, 0.1) is 10.5 Å². The monoisotopic (exact) mass is 285 g/mol. The topological polar surface area (TPSA) is 42.1 Å². The molecule has 1 aliphatic rings. The summed E-state index contributed by atoms with van der Waals surface area (Å²) in [6.07, 6.45) is 4.14. The molecule has 0 aliphatic carbocycles. The maximum Gasteiger partial charge on any atom is 0.0771 e. The Hall–Kier alpha value is -1.52. The molecule has 0 amide bonds. The maximum atomic E-state index is 5.79. The third-order valence-corrected chi connectivity index (χ3v) is 4.31. The Labute approximate surface area is 124 Å². The van der Waals surface area contributed by atoms with Crippen molar-refractivity contribution in [1.29, 1.82) is 0 Å². The van der Waals surface area contributed by atoms with Gasteiger partial charge in [-0.2, -0.15) is 0 Å². The zero-order chi connectivity index (χ0) is 13.9. The standard InChI is InChI=1S/C16H19N3S/c17-16(20)14-4-2-8-19(11-14)10-12-5-6-15-13(9-12)3-1-7-18-15/h1,3,5-7,9,14H,2,4,8,10-11H2,(H2,17,20). The number of rotatable bonds is 3. The molecule has 0 radical (unpaired) electrons. The molecule has 2 N–H and O–H groups in total. The first-order valence-electron chi connectivity index (χ1n) is 7.08. The van der Waals surface area contributed by atoms with Crippen molar-refractivity contribution in [2.24, 2.45) is 11.7 Å². The summed E-state index contributed by atoms with van der Waals surface area (Å²) in [5.41, 5.74) is 8.17. The average molecular weight is 285 g/mol. The zero-order valence-corrected chi connectivity index (χ0v) is 12.3. The van der Waals surface area contributed by atoms with Crippen molar-refractivity contribution < 1.29 is 0 Å². The van der Waals surface area contributed by atoms with Crippen molar-refractivity contribution in [3.8, 4) is 0 Å². The van der Waals surface area contributed by atoms with E-state index in [1.165, 1.54) is 17.4 Å². The van der Waals surface area contributed by atoms with Crippen LogP contribution in [0.4, 0.5) is 0 Å². The minimum Gasteiger partial charge on any atom is -0.393 e. The second kappa shape index (κ2) is 5.85. The number of hydrogen-bond donors (Lipinski definition) is 1. The summed E-state index contributed by atoms with van der Waals surface area (Å²) in [6, 6.07) is 10.6.